The summed E-state index contributed by atoms with van der Waals surface area (Å²) in [6.07, 6.45) is 6.41. The third-order valence-corrected chi connectivity index (χ3v) is 5.45. The van der Waals surface area contributed by atoms with Gasteiger partial charge in [-0.3, -0.25) is 4.79 Å². The summed E-state index contributed by atoms with van der Waals surface area (Å²) in [5.41, 5.74) is 2.39. The molecule has 0 saturated heterocycles. The first-order valence-electron chi connectivity index (χ1n) is 12.2. The number of Topliss-reactive ketones (excluding diaryl/α,β-unsaturated/α-hetero) is 1. The fraction of sp³-hybridized carbons (Fsp3) is 0.310. The SMILES string of the molecule is CCCCCCCOc1ccc(C(=O)Oc2ccc(N=Nc3ccc(C(=O)CC)cc3)cc2)cc1. The number of carbonyl (C=O) groups excluding carboxylic acids is 2. The molecule has 0 aromatic heterocycles. The van der Waals surface area contributed by atoms with E-state index in [0.29, 0.717) is 41.3 Å². The molecule has 0 spiro atoms. The van der Waals surface area contributed by atoms with Crippen LogP contribution in [0.15, 0.2) is 83.0 Å². The van der Waals surface area contributed by atoms with Crippen LogP contribution in [0.5, 0.6) is 11.5 Å². The zero-order valence-corrected chi connectivity index (χ0v) is 20.4. The molecule has 6 nitrogen and oxygen atoms in total. The van der Waals surface area contributed by atoms with Crippen LogP contribution in [0.25, 0.3) is 0 Å². The Bertz CT molecular complexity index is 1100. The van der Waals surface area contributed by atoms with E-state index in [-0.39, 0.29) is 5.78 Å². The molecule has 3 aromatic rings. The summed E-state index contributed by atoms with van der Waals surface area (Å²) in [6.45, 7) is 4.71. The molecule has 0 aliphatic carbocycles. The summed E-state index contributed by atoms with van der Waals surface area (Å²) in [5.74, 6) is 0.824. The number of hydrogen-bond donors (Lipinski definition) is 0. The molecule has 0 atom stereocenters. The van der Waals surface area contributed by atoms with Gasteiger partial charge in [0.2, 0.25) is 0 Å². The Balaban J connectivity index is 1.48. The van der Waals surface area contributed by atoms with Crippen molar-refractivity contribution in [1.29, 1.82) is 0 Å². The van der Waals surface area contributed by atoms with Crippen molar-refractivity contribution in [3.05, 3.63) is 83.9 Å². The lowest BCUT2D eigenvalue weighted by molar-refractivity contribution is 0.0734. The Morgan fingerprint density at radius 3 is 1.80 bits per heavy atom. The van der Waals surface area contributed by atoms with E-state index in [1.54, 1.807) is 72.8 Å². The van der Waals surface area contributed by atoms with Crippen LogP contribution < -0.4 is 9.47 Å². The van der Waals surface area contributed by atoms with Gasteiger partial charge in [0, 0.05) is 12.0 Å². The number of benzene rings is 3. The van der Waals surface area contributed by atoms with Gasteiger partial charge in [-0.05, 0) is 79.2 Å². The normalized spacial score (nSPS) is 10.9. The second-order valence-electron chi connectivity index (χ2n) is 8.19. The van der Waals surface area contributed by atoms with Crippen molar-refractivity contribution in [3.63, 3.8) is 0 Å². The number of esters is 1. The van der Waals surface area contributed by atoms with E-state index in [0.717, 1.165) is 12.2 Å². The first-order valence-corrected chi connectivity index (χ1v) is 12.2. The molecule has 182 valence electrons. The Morgan fingerprint density at radius 2 is 1.20 bits per heavy atom. The molecule has 0 N–H and O–H groups in total. The second-order valence-corrected chi connectivity index (χ2v) is 8.19. The van der Waals surface area contributed by atoms with Gasteiger partial charge in [-0.15, -0.1) is 0 Å². The maximum absolute atomic E-state index is 12.4. The van der Waals surface area contributed by atoms with Crippen LogP contribution in [0.2, 0.25) is 0 Å². The molecule has 0 radical (unpaired) electrons. The van der Waals surface area contributed by atoms with E-state index in [4.69, 9.17) is 9.47 Å². The predicted molar refractivity (Wildman–Crippen MR) is 137 cm³/mol. The molecular weight excluding hydrogens is 440 g/mol. The first kappa shape index (κ1) is 25.8. The molecule has 0 fully saturated rings. The van der Waals surface area contributed by atoms with Crippen LogP contribution in [0.1, 0.15) is 73.1 Å². The van der Waals surface area contributed by atoms with E-state index in [2.05, 4.69) is 17.2 Å². The van der Waals surface area contributed by atoms with Crippen molar-refractivity contribution in [2.24, 2.45) is 10.2 Å². The summed E-state index contributed by atoms with van der Waals surface area (Å²) in [4.78, 5) is 24.1. The molecule has 0 heterocycles. The number of ether oxygens (including phenoxy) is 2. The van der Waals surface area contributed by atoms with Crippen LogP contribution in [-0.4, -0.2) is 18.4 Å². The van der Waals surface area contributed by atoms with E-state index in [1.165, 1.54) is 25.7 Å². The van der Waals surface area contributed by atoms with Gasteiger partial charge in [0.15, 0.2) is 5.78 Å². The molecule has 35 heavy (non-hydrogen) atoms. The average molecular weight is 473 g/mol. The van der Waals surface area contributed by atoms with Gasteiger partial charge in [0.1, 0.15) is 11.5 Å². The summed E-state index contributed by atoms with van der Waals surface area (Å²) < 4.78 is 11.2. The Kier molecular flexibility index (Phi) is 10.2. The van der Waals surface area contributed by atoms with Gasteiger partial charge in [0.05, 0.1) is 23.5 Å². The third-order valence-electron chi connectivity index (χ3n) is 5.45. The van der Waals surface area contributed by atoms with Crippen molar-refractivity contribution < 1.29 is 19.1 Å². The highest BCUT2D eigenvalue weighted by molar-refractivity contribution is 5.96. The number of nitrogens with zero attached hydrogens (tertiary/aromatic N) is 2. The quantitative estimate of drug-likeness (QED) is 0.0824. The lowest BCUT2D eigenvalue weighted by Crippen LogP contribution is -2.08. The van der Waals surface area contributed by atoms with Crippen molar-refractivity contribution in [2.75, 3.05) is 6.61 Å². The maximum Gasteiger partial charge on any atom is 0.343 e. The number of ketones is 1. The van der Waals surface area contributed by atoms with Gasteiger partial charge in [-0.2, -0.15) is 10.2 Å². The minimum absolute atomic E-state index is 0.0936. The highest BCUT2D eigenvalue weighted by Crippen LogP contribution is 2.23. The fourth-order valence-corrected chi connectivity index (χ4v) is 3.36. The third kappa shape index (κ3) is 8.49. The van der Waals surface area contributed by atoms with Crippen molar-refractivity contribution in [2.45, 2.75) is 52.4 Å². The summed E-state index contributed by atoms with van der Waals surface area (Å²) in [5, 5.41) is 8.37. The lowest BCUT2D eigenvalue weighted by Gasteiger charge is -2.08. The largest absolute Gasteiger partial charge is 0.494 e. The van der Waals surface area contributed by atoms with Crippen molar-refractivity contribution in [1.82, 2.24) is 0 Å². The summed E-state index contributed by atoms with van der Waals surface area (Å²) in [7, 11) is 0. The number of carbonyl (C=O) groups is 2. The molecule has 6 heteroatoms. The average Bonchev–Trinajstić information content (AvgIpc) is 2.90. The molecule has 0 aliphatic rings. The summed E-state index contributed by atoms with van der Waals surface area (Å²) >= 11 is 0. The lowest BCUT2D eigenvalue weighted by atomic mass is 10.1. The molecule has 3 rings (SSSR count). The zero-order chi connectivity index (χ0) is 24.9. The number of azo groups is 1. The second kappa shape index (κ2) is 13.8. The Labute approximate surface area is 207 Å². The van der Waals surface area contributed by atoms with Crippen molar-refractivity contribution in [3.8, 4) is 11.5 Å². The topological polar surface area (TPSA) is 77.3 Å². The summed E-state index contributed by atoms with van der Waals surface area (Å²) in [6, 6.07) is 20.8. The maximum atomic E-state index is 12.4. The predicted octanol–water partition coefficient (Wildman–Crippen LogP) is 8.26. The van der Waals surface area contributed by atoms with E-state index >= 15 is 0 Å². The molecular formula is C29H32N2O4. The molecule has 0 unspecified atom stereocenters. The first-order chi connectivity index (χ1) is 17.1. The van der Waals surface area contributed by atoms with Crippen molar-refractivity contribution >= 4 is 23.1 Å². The van der Waals surface area contributed by atoms with E-state index in [1.807, 2.05) is 6.92 Å². The number of rotatable bonds is 13. The number of hydrogen-bond acceptors (Lipinski definition) is 6. The molecule has 0 amide bonds. The molecule has 3 aromatic carbocycles. The monoisotopic (exact) mass is 472 g/mol. The van der Waals surface area contributed by atoms with Gasteiger partial charge >= 0.3 is 5.97 Å². The van der Waals surface area contributed by atoms with E-state index in [9.17, 15) is 9.59 Å². The minimum atomic E-state index is -0.438. The van der Waals surface area contributed by atoms with Gasteiger partial charge < -0.3 is 9.47 Å². The molecule has 0 saturated carbocycles. The van der Waals surface area contributed by atoms with Crippen LogP contribution in [0.4, 0.5) is 11.4 Å². The fourth-order valence-electron chi connectivity index (χ4n) is 3.36. The Morgan fingerprint density at radius 1 is 0.657 bits per heavy atom. The molecule has 0 aliphatic heterocycles. The Hall–Kier alpha value is -3.80. The number of unbranched alkanes of at least 4 members (excludes halogenated alkanes) is 4. The van der Waals surface area contributed by atoms with Gasteiger partial charge in [-0.25, -0.2) is 4.79 Å². The van der Waals surface area contributed by atoms with Crippen LogP contribution in [-0.2, 0) is 0 Å². The zero-order valence-electron chi connectivity index (χ0n) is 20.4. The highest BCUT2D eigenvalue weighted by Gasteiger charge is 2.09. The molecule has 0 bridgehead atoms. The minimum Gasteiger partial charge on any atom is -0.494 e. The smallest absolute Gasteiger partial charge is 0.343 e. The van der Waals surface area contributed by atoms with Gasteiger partial charge in [0.25, 0.3) is 0 Å². The highest BCUT2D eigenvalue weighted by atomic mass is 16.5. The van der Waals surface area contributed by atoms with E-state index < -0.39 is 5.97 Å². The van der Waals surface area contributed by atoms with Crippen LogP contribution >= 0.6 is 0 Å². The van der Waals surface area contributed by atoms with Gasteiger partial charge in [-0.1, -0.05) is 39.5 Å². The standard InChI is InChI=1S/C29H32N2O4/c1-3-5-6-7-8-21-34-26-17-11-23(12-18-26)29(33)35-27-19-15-25(16-20-27)31-30-24-13-9-22(10-14-24)28(32)4-2/h9-20H,3-8,21H2,1-2H3. The van der Waals surface area contributed by atoms with Crippen LogP contribution in [0, 0.1) is 0 Å². The van der Waals surface area contributed by atoms with Crippen LogP contribution in [0.3, 0.4) is 0 Å².